The van der Waals surface area contributed by atoms with Crippen molar-refractivity contribution in [3.8, 4) is 0 Å². The van der Waals surface area contributed by atoms with Crippen LogP contribution in [0.5, 0.6) is 0 Å². The lowest BCUT2D eigenvalue weighted by Crippen LogP contribution is -2.55. The number of benzene rings is 1. The second kappa shape index (κ2) is 23.4. The summed E-state index contributed by atoms with van der Waals surface area (Å²) in [6.45, 7) is 10.9. The van der Waals surface area contributed by atoms with Gasteiger partial charge in [0, 0.05) is 0 Å². The third-order valence-electron chi connectivity index (χ3n) is 4.69. The molecule has 1 rings (SSSR count). The summed E-state index contributed by atoms with van der Waals surface area (Å²) in [5.74, 6) is 0. The van der Waals surface area contributed by atoms with Crippen LogP contribution in [0.1, 0.15) is 103 Å². The molecular formula is C24H49BN2O2. The number of rotatable bonds is 13. The number of unbranched alkanes of at least 4 members (excludes halogenated alkanes) is 6. The predicted molar refractivity (Wildman–Crippen MR) is 124 cm³/mol. The molecule has 1 aromatic carbocycles. The van der Waals surface area contributed by atoms with E-state index < -0.39 is 7.12 Å². The molecule has 0 radical (unpaired) electrons. The first-order chi connectivity index (χ1) is 14.0. The molecule has 5 heteroatoms. The van der Waals surface area contributed by atoms with Gasteiger partial charge >= 0.3 is 0 Å². The lowest BCUT2D eigenvalue weighted by Gasteiger charge is -2.28. The average Bonchev–Trinajstić information content (AvgIpc) is 2.74. The van der Waals surface area contributed by atoms with Crippen LogP contribution in [0, 0.1) is 0 Å². The predicted octanol–water partition coefficient (Wildman–Crippen LogP) is 1.62. The van der Waals surface area contributed by atoms with Gasteiger partial charge in [0.1, 0.15) is 0 Å². The van der Waals surface area contributed by atoms with Crippen molar-refractivity contribution in [1.82, 2.24) is 0 Å². The van der Waals surface area contributed by atoms with Crippen molar-refractivity contribution >= 4 is 12.6 Å². The standard InChI is InChI=1S/C14H21BO2.2C5H13N/c1-3-5-7-12-9-13(8-6-4-2)11-14(10-12)15(16)17;2*1-2-3-4-5-6/h9-11H,3-8H2,1-2H3;2*2-6H2,1H3/q-2;;/p+2. The Morgan fingerprint density at radius 1 is 0.621 bits per heavy atom. The van der Waals surface area contributed by atoms with Crippen LogP contribution in [0.25, 0.3) is 0 Å². The summed E-state index contributed by atoms with van der Waals surface area (Å²) in [5, 5.41) is 22.1. The van der Waals surface area contributed by atoms with Crippen LogP contribution < -0.4 is 27.0 Å². The van der Waals surface area contributed by atoms with Crippen LogP contribution in [0.15, 0.2) is 18.2 Å². The summed E-state index contributed by atoms with van der Waals surface area (Å²) in [6, 6.07) is 5.72. The van der Waals surface area contributed by atoms with Crippen molar-refractivity contribution in [2.75, 3.05) is 13.1 Å². The first kappa shape index (κ1) is 30.3. The SMILES string of the molecule is CCCCC[NH3+].CCCCC[NH3+].CCCCc1cc(CCCC)cc(B([O-])[O-])c1. The lowest BCUT2D eigenvalue weighted by atomic mass is 9.78. The minimum Gasteiger partial charge on any atom is -0.889 e. The molecule has 29 heavy (non-hydrogen) atoms. The summed E-state index contributed by atoms with van der Waals surface area (Å²) in [4.78, 5) is 0. The van der Waals surface area contributed by atoms with Gasteiger partial charge in [-0.15, -0.1) is 5.46 Å². The Bertz CT molecular complexity index is 414. The van der Waals surface area contributed by atoms with Crippen molar-refractivity contribution in [1.29, 1.82) is 0 Å². The molecule has 0 bridgehead atoms. The fraction of sp³-hybridized carbons (Fsp3) is 0.750. The van der Waals surface area contributed by atoms with Crippen molar-refractivity contribution in [2.24, 2.45) is 0 Å². The van der Waals surface area contributed by atoms with Crippen molar-refractivity contribution in [3.05, 3.63) is 29.3 Å². The van der Waals surface area contributed by atoms with E-state index in [1.54, 1.807) is 12.1 Å². The zero-order valence-electron chi connectivity index (χ0n) is 19.9. The van der Waals surface area contributed by atoms with Gasteiger partial charge in [-0.1, -0.05) is 78.7 Å². The molecule has 170 valence electrons. The molecule has 0 fully saturated rings. The topological polar surface area (TPSA) is 101 Å². The van der Waals surface area contributed by atoms with Crippen LogP contribution in [-0.4, -0.2) is 20.2 Å². The third kappa shape index (κ3) is 20.2. The first-order valence-electron chi connectivity index (χ1n) is 12.0. The van der Waals surface area contributed by atoms with E-state index in [1.807, 2.05) is 0 Å². The zero-order chi connectivity index (χ0) is 22.3. The maximum Gasteiger partial charge on any atom is 0.0739 e. The maximum absolute atomic E-state index is 11.0. The van der Waals surface area contributed by atoms with Gasteiger partial charge in [0.25, 0.3) is 0 Å². The molecule has 0 amide bonds. The molecule has 0 aliphatic heterocycles. The van der Waals surface area contributed by atoms with Crippen LogP contribution in [0.2, 0.25) is 0 Å². The third-order valence-corrected chi connectivity index (χ3v) is 4.69. The van der Waals surface area contributed by atoms with Crippen molar-refractivity contribution < 1.29 is 21.5 Å². The second-order valence-electron chi connectivity index (χ2n) is 7.74. The van der Waals surface area contributed by atoms with E-state index in [9.17, 15) is 10.0 Å². The van der Waals surface area contributed by atoms with Gasteiger partial charge < -0.3 is 21.5 Å². The van der Waals surface area contributed by atoms with Crippen LogP contribution in [0.3, 0.4) is 0 Å². The Morgan fingerprint density at radius 2 is 1.00 bits per heavy atom. The molecule has 4 nitrogen and oxygen atoms in total. The smallest absolute Gasteiger partial charge is 0.0739 e. The Hall–Kier alpha value is -0.875. The molecule has 0 saturated heterocycles. The molecule has 0 aliphatic rings. The molecule has 6 N–H and O–H groups in total. The van der Waals surface area contributed by atoms with Gasteiger partial charge in [-0.2, -0.15) is 0 Å². The second-order valence-corrected chi connectivity index (χ2v) is 7.74. The van der Waals surface area contributed by atoms with Crippen molar-refractivity contribution in [2.45, 2.75) is 105 Å². The summed E-state index contributed by atoms with van der Waals surface area (Å²) in [6.07, 6.45) is 14.4. The lowest BCUT2D eigenvalue weighted by molar-refractivity contribution is -0.368. The zero-order valence-corrected chi connectivity index (χ0v) is 19.9. The quantitative estimate of drug-likeness (QED) is 0.383. The summed E-state index contributed by atoms with van der Waals surface area (Å²) in [7, 11) is -1.85. The van der Waals surface area contributed by atoms with Gasteiger partial charge in [0.05, 0.1) is 13.1 Å². The van der Waals surface area contributed by atoms with Gasteiger partial charge in [-0.05, 0) is 62.5 Å². The molecule has 0 atom stereocenters. The molecule has 0 heterocycles. The largest absolute Gasteiger partial charge is 0.889 e. The Morgan fingerprint density at radius 3 is 1.24 bits per heavy atom. The highest BCUT2D eigenvalue weighted by atomic mass is 16.4. The summed E-state index contributed by atoms with van der Waals surface area (Å²) >= 11 is 0. The monoisotopic (exact) mass is 408 g/mol. The van der Waals surface area contributed by atoms with Gasteiger partial charge in [0.2, 0.25) is 0 Å². The van der Waals surface area contributed by atoms with Gasteiger partial charge in [-0.25, -0.2) is 0 Å². The fourth-order valence-electron chi connectivity index (χ4n) is 2.83. The fourth-order valence-corrected chi connectivity index (χ4v) is 2.83. The van der Waals surface area contributed by atoms with Crippen LogP contribution in [-0.2, 0) is 12.8 Å². The maximum atomic E-state index is 11.0. The highest BCUT2D eigenvalue weighted by molar-refractivity contribution is 6.55. The van der Waals surface area contributed by atoms with E-state index in [-0.39, 0.29) is 0 Å². The molecular weight excluding hydrogens is 359 g/mol. The highest BCUT2D eigenvalue weighted by Gasteiger charge is 2.00. The first-order valence-corrected chi connectivity index (χ1v) is 12.0. The minimum atomic E-state index is -1.85. The average molecular weight is 408 g/mol. The molecule has 0 saturated carbocycles. The Labute approximate surface area is 181 Å². The number of hydrogen-bond donors (Lipinski definition) is 2. The van der Waals surface area contributed by atoms with Crippen LogP contribution in [0.4, 0.5) is 0 Å². The Kier molecular flexibility index (Phi) is 24.5. The summed E-state index contributed by atoms with van der Waals surface area (Å²) < 4.78 is 0. The normalized spacial score (nSPS) is 9.93. The molecule has 0 spiro atoms. The molecule has 0 aromatic heterocycles. The van der Waals surface area contributed by atoms with Gasteiger partial charge in [0.15, 0.2) is 0 Å². The van der Waals surface area contributed by atoms with E-state index in [1.165, 1.54) is 38.5 Å². The van der Waals surface area contributed by atoms with Gasteiger partial charge in [-0.3, -0.25) is 0 Å². The van der Waals surface area contributed by atoms with E-state index >= 15 is 0 Å². The van der Waals surface area contributed by atoms with Crippen LogP contribution >= 0.6 is 0 Å². The van der Waals surface area contributed by atoms with E-state index in [4.69, 9.17) is 0 Å². The van der Waals surface area contributed by atoms with E-state index in [0.29, 0.717) is 5.46 Å². The highest BCUT2D eigenvalue weighted by Crippen LogP contribution is 2.10. The number of hydrogen-bond acceptors (Lipinski definition) is 2. The van der Waals surface area contributed by atoms with E-state index in [0.717, 1.165) is 62.7 Å². The Balaban J connectivity index is 0. The van der Waals surface area contributed by atoms with Crippen molar-refractivity contribution in [3.63, 3.8) is 0 Å². The molecule has 0 aliphatic carbocycles. The number of aryl methyl sites for hydroxylation is 2. The molecule has 0 unspecified atom stereocenters. The molecule has 1 aromatic rings. The minimum absolute atomic E-state index is 0.407. The summed E-state index contributed by atoms with van der Waals surface area (Å²) in [5.41, 5.74) is 10.1. The van der Waals surface area contributed by atoms with E-state index in [2.05, 4.69) is 45.2 Å². The number of quaternary nitrogens is 2.